The zero-order valence-electron chi connectivity index (χ0n) is 12.8. The van der Waals surface area contributed by atoms with Crippen LogP contribution in [-0.2, 0) is 9.53 Å². The van der Waals surface area contributed by atoms with Crippen LogP contribution in [0.2, 0.25) is 0 Å². The van der Waals surface area contributed by atoms with Gasteiger partial charge in [-0.05, 0) is 25.0 Å². The van der Waals surface area contributed by atoms with E-state index in [2.05, 4.69) is 10.3 Å². The van der Waals surface area contributed by atoms with E-state index in [4.69, 9.17) is 9.84 Å². The summed E-state index contributed by atoms with van der Waals surface area (Å²) in [5.74, 6) is -1.14. The summed E-state index contributed by atoms with van der Waals surface area (Å²) in [6, 6.07) is 8.09. The van der Waals surface area contributed by atoms with E-state index >= 15 is 0 Å². The highest BCUT2D eigenvalue weighted by atomic mass is 16.5. The Morgan fingerprint density at radius 3 is 2.78 bits per heavy atom. The highest BCUT2D eigenvalue weighted by Crippen LogP contribution is 2.40. The lowest BCUT2D eigenvalue weighted by atomic mass is 10.0. The molecule has 2 N–H and O–H groups in total. The Bertz CT molecular complexity index is 755. The van der Waals surface area contributed by atoms with Gasteiger partial charge in [0.2, 0.25) is 0 Å². The van der Waals surface area contributed by atoms with Crippen molar-refractivity contribution >= 4 is 22.8 Å². The van der Waals surface area contributed by atoms with Crippen molar-refractivity contribution < 1.29 is 19.4 Å². The molecule has 0 radical (unpaired) electrons. The lowest BCUT2D eigenvalue weighted by Gasteiger charge is -2.15. The third-order valence-corrected chi connectivity index (χ3v) is 3.91. The summed E-state index contributed by atoms with van der Waals surface area (Å²) in [4.78, 5) is 28.4. The van der Waals surface area contributed by atoms with Crippen molar-refractivity contribution in [1.29, 1.82) is 0 Å². The molecule has 120 valence electrons. The van der Waals surface area contributed by atoms with Gasteiger partial charge in [-0.2, -0.15) is 0 Å². The molecular weight excluding hydrogens is 296 g/mol. The number of fused-ring (bicyclic) bond motifs is 1. The molecular formula is C17H18N2O4. The first-order chi connectivity index (χ1) is 11.1. The highest BCUT2D eigenvalue weighted by Gasteiger charge is 2.28. The number of hydrogen-bond donors (Lipinski definition) is 2. The number of amides is 1. The van der Waals surface area contributed by atoms with E-state index in [1.807, 2.05) is 24.3 Å². The number of hydrogen-bond acceptors (Lipinski definition) is 4. The van der Waals surface area contributed by atoms with Crippen LogP contribution in [0.3, 0.4) is 0 Å². The van der Waals surface area contributed by atoms with E-state index in [0.29, 0.717) is 11.5 Å². The largest absolute Gasteiger partial charge is 0.480 e. The molecule has 1 saturated carbocycles. The van der Waals surface area contributed by atoms with Crippen LogP contribution in [0, 0.1) is 0 Å². The number of pyridine rings is 1. The average molecular weight is 314 g/mol. The predicted molar refractivity (Wildman–Crippen MR) is 84.5 cm³/mol. The number of aromatic nitrogens is 1. The molecule has 1 aromatic heterocycles. The Kier molecular flexibility index (Phi) is 4.25. The fraction of sp³-hybridized carbons (Fsp3) is 0.353. The number of carboxylic acid groups (broad SMARTS) is 1. The smallest absolute Gasteiger partial charge is 0.328 e. The predicted octanol–water partition coefficient (Wildman–Crippen LogP) is 1.94. The van der Waals surface area contributed by atoms with Crippen LogP contribution >= 0.6 is 0 Å². The van der Waals surface area contributed by atoms with Crippen LogP contribution in [0.1, 0.15) is 34.8 Å². The third-order valence-electron chi connectivity index (χ3n) is 3.91. The summed E-state index contributed by atoms with van der Waals surface area (Å²) in [5.41, 5.74) is 2.10. The van der Waals surface area contributed by atoms with Gasteiger partial charge in [-0.15, -0.1) is 0 Å². The van der Waals surface area contributed by atoms with E-state index < -0.39 is 17.9 Å². The van der Waals surface area contributed by atoms with Crippen LogP contribution in [0.5, 0.6) is 0 Å². The van der Waals surface area contributed by atoms with Gasteiger partial charge in [-0.1, -0.05) is 18.2 Å². The Hall–Kier alpha value is -2.47. The lowest BCUT2D eigenvalue weighted by Crippen LogP contribution is -2.43. The number of rotatable bonds is 6. The van der Waals surface area contributed by atoms with Crippen molar-refractivity contribution in [2.75, 3.05) is 13.7 Å². The van der Waals surface area contributed by atoms with E-state index in [1.165, 1.54) is 7.11 Å². The summed E-state index contributed by atoms with van der Waals surface area (Å²) in [5, 5.41) is 12.4. The second-order valence-corrected chi connectivity index (χ2v) is 5.71. The van der Waals surface area contributed by atoms with Crippen molar-refractivity contribution in [3.63, 3.8) is 0 Å². The first-order valence-corrected chi connectivity index (χ1v) is 7.52. The zero-order valence-corrected chi connectivity index (χ0v) is 12.8. The number of aliphatic carboxylic acids is 1. The van der Waals surface area contributed by atoms with E-state index in [9.17, 15) is 9.59 Å². The highest BCUT2D eigenvalue weighted by molar-refractivity contribution is 6.07. The summed E-state index contributed by atoms with van der Waals surface area (Å²) >= 11 is 0. The molecule has 0 aliphatic heterocycles. The van der Waals surface area contributed by atoms with Crippen LogP contribution < -0.4 is 5.32 Å². The average Bonchev–Trinajstić information content (AvgIpc) is 3.38. The maximum absolute atomic E-state index is 12.6. The van der Waals surface area contributed by atoms with Gasteiger partial charge >= 0.3 is 5.97 Å². The van der Waals surface area contributed by atoms with Crippen molar-refractivity contribution in [3.8, 4) is 0 Å². The monoisotopic (exact) mass is 314 g/mol. The molecule has 1 fully saturated rings. The molecule has 2 aromatic rings. The standard InChI is InChI=1S/C17H18N2O4/c1-23-9-15(17(21)22)19-16(20)12-8-14(10-6-7-10)18-13-5-3-2-4-11(12)13/h2-5,8,10,15H,6-7,9H2,1H3,(H,19,20)(H,21,22). The SMILES string of the molecule is COCC(NC(=O)c1cc(C2CC2)nc2ccccc12)C(=O)O. The van der Waals surface area contributed by atoms with Gasteiger partial charge in [0.25, 0.3) is 5.91 Å². The molecule has 1 atom stereocenters. The Morgan fingerprint density at radius 2 is 2.13 bits per heavy atom. The summed E-state index contributed by atoms with van der Waals surface area (Å²) < 4.78 is 4.85. The van der Waals surface area contributed by atoms with Crippen LogP contribution in [0.4, 0.5) is 0 Å². The van der Waals surface area contributed by atoms with Crippen molar-refractivity contribution in [3.05, 3.63) is 41.6 Å². The van der Waals surface area contributed by atoms with Gasteiger partial charge in [-0.3, -0.25) is 9.78 Å². The van der Waals surface area contributed by atoms with Gasteiger partial charge in [0.1, 0.15) is 0 Å². The molecule has 0 spiro atoms. The number of nitrogens with zero attached hydrogens (tertiary/aromatic N) is 1. The molecule has 1 aromatic carbocycles. The first kappa shape index (κ1) is 15.4. The molecule has 1 amide bonds. The van der Waals surface area contributed by atoms with E-state index in [1.54, 1.807) is 6.07 Å². The molecule has 0 bridgehead atoms. The normalized spacial score (nSPS) is 15.3. The molecule has 23 heavy (non-hydrogen) atoms. The lowest BCUT2D eigenvalue weighted by molar-refractivity contribution is -0.140. The minimum atomic E-state index is -1.12. The first-order valence-electron chi connectivity index (χ1n) is 7.52. The van der Waals surface area contributed by atoms with Crippen molar-refractivity contribution in [1.82, 2.24) is 10.3 Å². The molecule has 0 saturated heterocycles. The number of methoxy groups -OCH3 is 1. The number of carboxylic acids is 1. The fourth-order valence-corrected chi connectivity index (χ4v) is 2.55. The Morgan fingerprint density at radius 1 is 1.39 bits per heavy atom. The second kappa shape index (κ2) is 6.34. The van der Waals surface area contributed by atoms with Crippen LogP contribution in [-0.4, -0.2) is 41.7 Å². The maximum Gasteiger partial charge on any atom is 0.328 e. The molecule has 6 nitrogen and oxygen atoms in total. The van der Waals surface area contributed by atoms with Gasteiger partial charge in [0.15, 0.2) is 6.04 Å². The van der Waals surface area contributed by atoms with Crippen LogP contribution in [0.15, 0.2) is 30.3 Å². The number of benzene rings is 1. The van der Waals surface area contributed by atoms with Gasteiger partial charge < -0.3 is 15.2 Å². The quantitative estimate of drug-likeness (QED) is 0.850. The molecule has 1 unspecified atom stereocenters. The van der Waals surface area contributed by atoms with Crippen molar-refractivity contribution in [2.45, 2.75) is 24.8 Å². The van der Waals surface area contributed by atoms with Crippen molar-refractivity contribution in [2.24, 2.45) is 0 Å². The molecule has 3 rings (SSSR count). The minimum Gasteiger partial charge on any atom is -0.480 e. The summed E-state index contributed by atoms with van der Waals surface area (Å²) in [6.07, 6.45) is 2.15. The molecule has 1 aliphatic carbocycles. The molecule has 1 heterocycles. The van der Waals surface area contributed by atoms with E-state index in [0.717, 1.165) is 29.4 Å². The third kappa shape index (κ3) is 3.32. The molecule has 6 heteroatoms. The molecule has 1 aliphatic rings. The Balaban J connectivity index is 1.96. The number of para-hydroxylation sites is 1. The number of ether oxygens (including phenoxy) is 1. The van der Waals surface area contributed by atoms with Gasteiger partial charge in [0, 0.05) is 24.1 Å². The Labute approximate surface area is 133 Å². The topological polar surface area (TPSA) is 88.5 Å². The number of carbonyl (C=O) groups excluding carboxylic acids is 1. The fourth-order valence-electron chi connectivity index (χ4n) is 2.55. The summed E-state index contributed by atoms with van der Waals surface area (Å²) in [7, 11) is 1.40. The summed E-state index contributed by atoms with van der Waals surface area (Å²) in [6.45, 7) is -0.0838. The minimum absolute atomic E-state index is 0.0838. The number of carbonyl (C=O) groups is 2. The van der Waals surface area contributed by atoms with Crippen LogP contribution in [0.25, 0.3) is 10.9 Å². The maximum atomic E-state index is 12.6. The second-order valence-electron chi connectivity index (χ2n) is 5.71. The van der Waals surface area contributed by atoms with Gasteiger partial charge in [0.05, 0.1) is 17.7 Å². The number of nitrogens with one attached hydrogen (secondary N) is 1. The zero-order chi connectivity index (χ0) is 16.4. The van der Waals surface area contributed by atoms with Gasteiger partial charge in [-0.25, -0.2) is 4.79 Å². The van der Waals surface area contributed by atoms with E-state index in [-0.39, 0.29) is 6.61 Å².